The Hall–Kier alpha value is 1.14. The Balaban J connectivity index is 0. The summed E-state index contributed by atoms with van der Waals surface area (Å²) in [6, 6.07) is 0. The number of rotatable bonds is 0. The van der Waals surface area contributed by atoms with Crippen LogP contribution in [0.5, 0.6) is 0 Å². The van der Waals surface area contributed by atoms with E-state index < -0.39 is 0 Å². The molecular weight excluding hydrogens is 177 g/mol. The zero-order valence-electron chi connectivity index (χ0n) is 5.14. The van der Waals surface area contributed by atoms with Crippen molar-refractivity contribution in [1.29, 1.82) is 0 Å². The van der Waals surface area contributed by atoms with Crippen LogP contribution >= 0.6 is 0 Å². The van der Waals surface area contributed by atoms with Crippen LogP contribution in [0.2, 0.25) is 0 Å². The molecule has 0 saturated carbocycles. The Morgan fingerprint density at radius 3 is 0.375 bits per heavy atom. The van der Waals surface area contributed by atoms with Crippen molar-refractivity contribution in [2.45, 2.75) is 0 Å². The molecule has 0 unspecified atom stereocenters. The van der Waals surface area contributed by atoms with E-state index in [1.54, 1.807) is 0 Å². The minimum atomic E-state index is 0. The van der Waals surface area contributed by atoms with Crippen LogP contribution < -0.4 is 24.6 Å². The molecule has 0 aliphatic heterocycles. The van der Waals surface area contributed by atoms with Crippen LogP contribution in [-0.4, -0.2) is 25.2 Å². The van der Waals surface area contributed by atoms with Gasteiger partial charge in [-0.1, -0.05) is 0 Å². The van der Waals surface area contributed by atoms with Gasteiger partial charge in [0, 0.05) is 0 Å². The SMILES string of the molecule is N.N.N.N.[B-].[B-].[B-].[Y+3]. The van der Waals surface area contributed by atoms with Gasteiger partial charge in [-0.15, -0.1) is 0 Å². The molecule has 0 amide bonds. The van der Waals surface area contributed by atoms with Gasteiger partial charge in [-0.2, -0.15) is 0 Å². The van der Waals surface area contributed by atoms with Gasteiger partial charge >= 0.3 is 32.7 Å². The van der Waals surface area contributed by atoms with Crippen LogP contribution in [0.3, 0.4) is 0 Å². The first kappa shape index (κ1) is 467. The molecule has 0 heterocycles. The van der Waals surface area contributed by atoms with Crippen molar-refractivity contribution in [2.24, 2.45) is 0 Å². The maximum absolute atomic E-state index is 0. The van der Waals surface area contributed by atoms with Crippen molar-refractivity contribution in [1.82, 2.24) is 24.6 Å². The van der Waals surface area contributed by atoms with E-state index >= 15 is 0 Å². The predicted octanol–water partition coefficient (Wildman–Crippen LogP) is -0.497. The molecule has 0 aromatic carbocycles. The average Bonchev–Trinajstić information content (AvgIpc) is 0. The van der Waals surface area contributed by atoms with Crippen LogP contribution in [-0.2, 0) is 32.7 Å². The third kappa shape index (κ3) is 207. The van der Waals surface area contributed by atoms with E-state index in [0.29, 0.717) is 0 Å². The molecule has 0 saturated heterocycles. The molecule has 12 N–H and O–H groups in total. The summed E-state index contributed by atoms with van der Waals surface area (Å²) in [7, 11) is 0. The Labute approximate surface area is 82.3 Å². The van der Waals surface area contributed by atoms with Crippen molar-refractivity contribution < 1.29 is 32.7 Å². The van der Waals surface area contributed by atoms with Crippen LogP contribution in [0.25, 0.3) is 0 Å². The van der Waals surface area contributed by atoms with Gasteiger partial charge in [0.05, 0.1) is 0 Å². The molecule has 0 fully saturated rings. The topological polar surface area (TPSA) is 140 Å². The summed E-state index contributed by atoms with van der Waals surface area (Å²) in [5.74, 6) is 0. The van der Waals surface area contributed by atoms with Gasteiger partial charge in [0.1, 0.15) is 0 Å². The Kier molecular flexibility index (Phi) is 18700. The summed E-state index contributed by atoms with van der Waals surface area (Å²) in [5.41, 5.74) is 0. The molecular formula is H12B3N4Y. The molecule has 0 aromatic heterocycles. The van der Waals surface area contributed by atoms with E-state index in [1.807, 2.05) is 0 Å². The summed E-state index contributed by atoms with van der Waals surface area (Å²) in [4.78, 5) is 0. The Morgan fingerprint density at radius 2 is 0.375 bits per heavy atom. The minimum Gasteiger partial charge on any atom is -1.00 e. The molecule has 8 heteroatoms. The Bertz CT molecular complexity index is 11.2. The molecule has 12 radical (unpaired) electrons. The van der Waals surface area contributed by atoms with Gasteiger partial charge in [-0.25, -0.2) is 0 Å². The summed E-state index contributed by atoms with van der Waals surface area (Å²) in [6.45, 7) is 0. The van der Waals surface area contributed by atoms with Crippen LogP contribution in [0.1, 0.15) is 0 Å². The standard InChI is InChI=1S/3B.4H3N.Y/h;;;4*1H3;/q3*-1;;;;;+3. The molecule has 4 nitrogen and oxygen atoms in total. The van der Waals surface area contributed by atoms with Gasteiger partial charge in [-0.05, 0) is 0 Å². The van der Waals surface area contributed by atoms with Crippen molar-refractivity contribution in [3.8, 4) is 0 Å². The van der Waals surface area contributed by atoms with Crippen LogP contribution in [0.15, 0.2) is 0 Å². The zero-order valence-corrected chi connectivity index (χ0v) is 7.98. The normalized spacial score (nSPS) is 0. The summed E-state index contributed by atoms with van der Waals surface area (Å²) < 4.78 is 0. The molecule has 0 atom stereocenters. The van der Waals surface area contributed by atoms with Crippen LogP contribution in [0, 0.1) is 0 Å². The fraction of sp³-hybridized carbons (Fsp3) is 0. The summed E-state index contributed by atoms with van der Waals surface area (Å²) >= 11 is 0. The van der Waals surface area contributed by atoms with E-state index in [-0.39, 0.29) is 82.6 Å². The predicted molar refractivity (Wildman–Crippen MR) is 37.4 cm³/mol. The zero-order chi connectivity index (χ0) is 0. The monoisotopic (exact) mass is 190 g/mol. The molecule has 0 bridgehead atoms. The summed E-state index contributed by atoms with van der Waals surface area (Å²) in [5, 5.41) is 0. The molecule has 0 aromatic rings. The van der Waals surface area contributed by atoms with Crippen LogP contribution in [0.4, 0.5) is 0 Å². The largest absolute Gasteiger partial charge is 3.00 e. The first-order valence-electron chi connectivity index (χ1n) is 0. The van der Waals surface area contributed by atoms with Crippen molar-refractivity contribution >= 4 is 25.2 Å². The Morgan fingerprint density at radius 1 is 0.375 bits per heavy atom. The van der Waals surface area contributed by atoms with E-state index in [0.717, 1.165) is 0 Å². The van der Waals surface area contributed by atoms with Gasteiger partial charge < -0.3 is 49.8 Å². The van der Waals surface area contributed by atoms with E-state index in [9.17, 15) is 0 Å². The minimum absolute atomic E-state index is 0. The smallest absolute Gasteiger partial charge is 1.00 e. The van der Waals surface area contributed by atoms with E-state index in [4.69, 9.17) is 0 Å². The molecule has 0 aliphatic carbocycles. The molecule has 8 heavy (non-hydrogen) atoms. The summed E-state index contributed by atoms with van der Waals surface area (Å²) in [6.07, 6.45) is 0. The number of hydrogen-bond donors (Lipinski definition) is 4. The molecule has 0 spiro atoms. The van der Waals surface area contributed by atoms with Crippen molar-refractivity contribution in [3.05, 3.63) is 0 Å². The number of hydrogen-bond acceptors (Lipinski definition) is 4. The van der Waals surface area contributed by atoms with Gasteiger partial charge in [0.2, 0.25) is 0 Å². The van der Waals surface area contributed by atoms with Crippen molar-refractivity contribution in [2.75, 3.05) is 0 Å². The fourth-order valence-corrected chi connectivity index (χ4v) is 0. The quantitative estimate of drug-likeness (QED) is 0.381. The maximum atomic E-state index is 0. The van der Waals surface area contributed by atoms with E-state index in [1.165, 1.54) is 0 Å². The molecule has 44 valence electrons. The molecule has 0 aliphatic rings. The maximum Gasteiger partial charge on any atom is 3.00 e. The third-order valence-corrected chi connectivity index (χ3v) is 0. The fourth-order valence-electron chi connectivity index (χ4n) is 0. The van der Waals surface area contributed by atoms with E-state index in [2.05, 4.69) is 0 Å². The van der Waals surface area contributed by atoms with Gasteiger partial charge in [0.15, 0.2) is 0 Å². The second-order valence-corrected chi connectivity index (χ2v) is 0. The first-order valence-corrected chi connectivity index (χ1v) is 0. The second kappa shape index (κ2) is 320. The first-order chi connectivity index (χ1) is 0. The van der Waals surface area contributed by atoms with Crippen molar-refractivity contribution in [3.63, 3.8) is 0 Å². The third-order valence-electron chi connectivity index (χ3n) is 0. The second-order valence-electron chi connectivity index (χ2n) is 0. The van der Waals surface area contributed by atoms with Gasteiger partial charge in [0.25, 0.3) is 0 Å². The average molecular weight is 189 g/mol. The van der Waals surface area contributed by atoms with Gasteiger partial charge in [-0.3, -0.25) is 0 Å². The molecule has 0 rings (SSSR count).